The van der Waals surface area contributed by atoms with E-state index in [1.165, 1.54) is 0 Å². The number of nitrogens with one attached hydrogen (secondary N) is 1. The van der Waals surface area contributed by atoms with Gasteiger partial charge in [-0.1, -0.05) is 0 Å². The summed E-state index contributed by atoms with van der Waals surface area (Å²) in [4.78, 5) is 18.0. The average Bonchev–Trinajstić information content (AvgIpc) is 2.32. The van der Waals surface area contributed by atoms with Crippen LogP contribution in [-0.2, 0) is 0 Å². The van der Waals surface area contributed by atoms with Crippen LogP contribution in [0.15, 0.2) is 6.07 Å². The monoisotopic (exact) mass is 234 g/mol. The van der Waals surface area contributed by atoms with Gasteiger partial charge in [-0.15, -0.1) is 0 Å². The summed E-state index contributed by atoms with van der Waals surface area (Å²) in [5, 5.41) is 3.30. The summed E-state index contributed by atoms with van der Waals surface area (Å²) in [6, 6.07) is 1.84. The Labute approximate surface area is 101 Å². The third-order valence-corrected chi connectivity index (χ3v) is 3.06. The van der Waals surface area contributed by atoms with E-state index in [4.69, 9.17) is 5.73 Å². The first-order valence-corrected chi connectivity index (χ1v) is 5.83. The van der Waals surface area contributed by atoms with Gasteiger partial charge >= 0.3 is 0 Å². The lowest BCUT2D eigenvalue weighted by Crippen LogP contribution is -2.44. The number of rotatable bonds is 2. The molecule has 0 aromatic carbocycles. The Balaban J connectivity index is 2.35. The highest BCUT2D eigenvalue weighted by atomic mass is 16.1. The van der Waals surface area contributed by atoms with Crippen LogP contribution in [0.4, 0.5) is 5.82 Å². The van der Waals surface area contributed by atoms with E-state index in [9.17, 15) is 4.79 Å². The standard InChI is InChI=1S/C12H18N4O/c1-8-7-10(11(13)17)9(2)15-12(8)16-5-3-14-4-6-16/h7,14H,3-6H2,1-2H3,(H2,13,17). The fourth-order valence-electron chi connectivity index (χ4n) is 2.14. The van der Waals surface area contributed by atoms with Crippen molar-refractivity contribution in [1.29, 1.82) is 0 Å². The highest BCUT2D eigenvalue weighted by Gasteiger charge is 2.16. The van der Waals surface area contributed by atoms with Crippen LogP contribution in [0.25, 0.3) is 0 Å². The number of hydrogen-bond donors (Lipinski definition) is 2. The van der Waals surface area contributed by atoms with Crippen LogP contribution < -0.4 is 16.0 Å². The Morgan fingerprint density at radius 3 is 2.65 bits per heavy atom. The molecular weight excluding hydrogens is 216 g/mol. The number of carbonyl (C=O) groups excluding carboxylic acids is 1. The minimum absolute atomic E-state index is 0.412. The first kappa shape index (κ1) is 11.9. The Kier molecular flexibility index (Phi) is 3.28. The van der Waals surface area contributed by atoms with E-state index >= 15 is 0 Å². The molecule has 2 rings (SSSR count). The highest BCUT2D eigenvalue weighted by molar-refractivity contribution is 5.94. The molecule has 0 radical (unpaired) electrons. The maximum atomic E-state index is 11.2. The lowest BCUT2D eigenvalue weighted by molar-refractivity contribution is 0.0999. The summed E-state index contributed by atoms with van der Waals surface area (Å²) in [5.41, 5.74) is 7.54. The molecule has 1 aliphatic rings. The number of amides is 1. The molecule has 5 heteroatoms. The minimum Gasteiger partial charge on any atom is -0.366 e. The zero-order chi connectivity index (χ0) is 12.4. The summed E-state index contributed by atoms with van der Waals surface area (Å²) in [5.74, 6) is 0.555. The fourth-order valence-corrected chi connectivity index (χ4v) is 2.14. The second-order valence-corrected chi connectivity index (χ2v) is 4.36. The Bertz CT molecular complexity index is 438. The highest BCUT2D eigenvalue weighted by Crippen LogP contribution is 2.20. The van der Waals surface area contributed by atoms with Crippen molar-refractivity contribution in [3.8, 4) is 0 Å². The zero-order valence-corrected chi connectivity index (χ0v) is 10.3. The minimum atomic E-state index is -0.412. The number of aryl methyl sites for hydroxylation is 2. The van der Waals surface area contributed by atoms with Crippen molar-refractivity contribution < 1.29 is 4.79 Å². The van der Waals surface area contributed by atoms with Gasteiger partial charge in [0.2, 0.25) is 0 Å². The second kappa shape index (κ2) is 4.71. The van der Waals surface area contributed by atoms with Gasteiger partial charge in [-0.3, -0.25) is 4.79 Å². The molecule has 0 spiro atoms. The molecule has 2 heterocycles. The average molecular weight is 234 g/mol. The number of carbonyl (C=O) groups is 1. The molecule has 3 N–H and O–H groups in total. The molecule has 0 aliphatic carbocycles. The first-order valence-electron chi connectivity index (χ1n) is 5.83. The summed E-state index contributed by atoms with van der Waals surface area (Å²) < 4.78 is 0. The Morgan fingerprint density at radius 1 is 1.41 bits per heavy atom. The molecule has 5 nitrogen and oxygen atoms in total. The first-order chi connectivity index (χ1) is 8.09. The van der Waals surface area contributed by atoms with E-state index < -0.39 is 5.91 Å². The molecule has 1 aromatic heterocycles. The van der Waals surface area contributed by atoms with Crippen molar-refractivity contribution in [2.24, 2.45) is 5.73 Å². The number of anilines is 1. The van der Waals surface area contributed by atoms with Gasteiger partial charge in [0.1, 0.15) is 5.82 Å². The maximum Gasteiger partial charge on any atom is 0.250 e. The summed E-state index contributed by atoms with van der Waals surface area (Å²) in [7, 11) is 0. The van der Waals surface area contributed by atoms with E-state index in [0.29, 0.717) is 11.3 Å². The number of nitrogens with two attached hydrogens (primary N) is 1. The third kappa shape index (κ3) is 2.39. The number of piperazine rings is 1. The molecule has 0 saturated carbocycles. The van der Waals surface area contributed by atoms with E-state index in [1.807, 2.05) is 19.9 Å². The van der Waals surface area contributed by atoms with Gasteiger partial charge < -0.3 is 16.0 Å². The van der Waals surface area contributed by atoms with Crippen LogP contribution in [0.2, 0.25) is 0 Å². The van der Waals surface area contributed by atoms with E-state index in [2.05, 4.69) is 15.2 Å². The molecule has 0 atom stereocenters. The molecule has 92 valence electrons. The van der Waals surface area contributed by atoms with Crippen molar-refractivity contribution in [3.63, 3.8) is 0 Å². The SMILES string of the molecule is Cc1cc(C(N)=O)c(C)nc1N1CCNCC1. The fraction of sp³-hybridized carbons (Fsp3) is 0.500. The van der Waals surface area contributed by atoms with Crippen LogP contribution in [0, 0.1) is 13.8 Å². The normalized spacial score (nSPS) is 16.0. The van der Waals surface area contributed by atoms with Crippen molar-refractivity contribution in [2.45, 2.75) is 13.8 Å². The third-order valence-electron chi connectivity index (χ3n) is 3.06. The number of nitrogens with zero attached hydrogens (tertiary/aromatic N) is 2. The lowest BCUT2D eigenvalue weighted by atomic mass is 10.1. The molecule has 1 aliphatic heterocycles. The topological polar surface area (TPSA) is 71.2 Å². The number of primary amides is 1. The van der Waals surface area contributed by atoms with Crippen LogP contribution in [0.3, 0.4) is 0 Å². The van der Waals surface area contributed by atoms with Crippen molar-refractivity contribution in [1.82, 2.24) is 10.3 Å². The smallest absolute Gasteiger partial charge is 0.250 e. The van der Waals surface area contributed by atoms with Crippen LogP contribution in [-0.4, -0.2) is 37.1 Å². The molecule has 1 saturated heterocycles. The van der Waals surface area contributed by atoms with Crippen LogP contribution in [0.1, 0.15) is 21.6 Å². The van der Waals surface area contributed by atoms with Gasteiger partial charge in [-0.05, 0) is 25.5 Å². The number of pyridine rings is 1. The van der Waals surface area contributed by atoms with Crippen molar-refractivity contribution in [2.75, 3.05) is 31.1 Å². The molecule has 0 bridgehead atoms. The van der Waals surface area contributed by atoms with Gasteiger partial charge in [0.05, 0.1) is 11.3 Å². The number of hydrogen-bond acceptors (Lipinski definition) is 4. The van der Waals surface area contributed by atoms with Gasteiger partial charge in [0.25, 0.3) is 5.91 Å². The molecule has 1 amide bonds. The maximum absolute atomic E-state index is 11.2. The summed E-state index contributed by atoms with van der Waals surface area (Å²) in [6.45, 7) is 7.63. The predicted octanol–water partition coefficient (Wildman–Crippen LogP) is 0.207. The molecule has 1 fully saturated rings. The molecule has 17 heavy (non-hydrogen) atoms. The quantitative estimate of drug-likeness (QED) is 0.767. The van der Waals surface area contributed by atoms with E-state index in [0.717, 1.165) is 37.6 Å². The Morgan fingerprint density at radius 2 is 2.06 bits per heavy atom. The second-order valence-electron chi connectivity index (χ2n) is 4.36. The largest absolute Gasteiger partial charge is 0.366 e. The van der Waals surface area contributed by atoms with E-state index in [1.54, 1.807) is 0 Å². The number of aromatic nitrogens is 1. The van der Waals surface area contributed by atoms with Crippen molar-refractivity contribution in [3.05, 3.63) is 22.9 Å². The summed E-state index contributed by atoms with van der Waals surface area (Å²) in [6.07, 6.45) is 0. The van der Waals surface area contributed by atoms with E-state index in [-0.39, 0.29) is 0 Å². The van der Waals surface area contributed by atoms with Gasteiger partial charge in [-0.2, -0.15) is 0 Å². The molecule has 0 unspecified atom stereocenters. The van der Waals surface area contributed by atoms with Crippen molar-refractivity contribution >= 4 is 11.7 Å². The van der Waals surface area contributed by atoms with Crippen LogP contribution in [0.5, 0.6) is 0 Å². The molecule has 1 aromatic rings. The molecular formula is C12H18N4O. The van der Waals surface area contributed by atoms with Crippen LogP contribution >= 0.6 is 0 Å². The zero-order valence-electron chi connectivity index (χ0n) is 10.3. The lowest BCUT2D eigenvalue weighted by Gasteiger charge is -2.30. The predicted molar refractivity (Wildman–Crippen MR) is 67.3 cm³/mol. The van der Waals surface area contributed by atoms with Gasteiger partial charge in [-0.25, -0.2) is 4.98 Å². The van der Waals surface area contributed by atoms with Gasteiger partial charge in [0, 0.05) is 26.2 Å². The Hall–Kier alpha value is -1.62. The summed E-state index contributed by atoms with van der Waals surface area (Å²) >= 11 is 0. The van der Waals surface area contributed by atoms with Gasteiger partial charge in [0.15, 0.2) is 0 Å².